The third-order valence-electron chi connectivity index (χ3n) is 4.80. The number of amides is 1. The lowest BCUT2D eigenvalue weighted by molar-refractivity contribution is -0.122. The van der Waals surface area contributed by atoms with Crippen molar-refractivity contribution >= 4 is 16.7 Å². The SMILES string of the molecule is O=C(CCc1ccc2ccccc2c1)NC1CCN(CC(F)F)CC1. The topological polar surface area (TPSA) is 32.3 Å². The van der Waals surface area contributed by atoms with E-state index in [-0.39, 0.29) is 18.5 Å². The molecule has 3 nitrogen and oxygen atoms in total. The smallest absolute Gasteiger partial charge is 0.251 e. The minimum Gasteiger partial charge on any atom is -0.353 e. The zero-order chi connectivity index (χ0) is 17.6. The van der Waals surface area contributed by atoms with Gasteiger partial charge in [-0.3, -0.25) is 9.69 Å². The number of rotatable bonds is 6. The zero-order valence-electron chi connectivity index (χ0n) is 14.3. The molecule has 2 aromatic rings. The summed E-state index contributed by atoms with van der Waals surface area (Å²) in [5.41, 5.74) is 1.15. The van der Waals surface area contributed by atoms with Crippen molar-refractivity contribution in [2.45, 2.75) is 38.2 Å². The average molecular weight is 346 g/mol. The number of nitrogens with zero attached hydrogens (tertiary/aromatic N) is 1. The molecule has 1 heterocycles. The van der Waals surface area contributed by atoms with Gasteiger partial charge in [-0.25, -0.2) is 8.78 Å². The lowest BCUT2D eigenvalue weighted by atomic mass is 10.0. The number of nitrogens with one attached hydrogen (secondary N) is 1. The summed E-state index contributed by atoms with van der Waals surface area (Å²) in [7, 11) is 0. The summed E-state index contributed by atoms with van der Waals surface area (Å²) >= 11 is 0. The zero-order valence-corrected chi connectivity index (χ0v) is 14.3. The van der Waals surface area contributed by atoms with Crippen LogP contribution in [0.3, 0.4) is 0 Å². The summed E-state index contributed by atoms with van der Waals surface area (Å²) in [4.78, 5) is 13.9. The fourth-order valence-electron chi connectivity index (χ4n) is 3.41. The molecule has 5 heteroatoms. The van der Waals surface area contributed by atoms with Gasteiger partial charge in [-0.2, -0.15) is 0 Å². The molecule has 2 aromatic carbocycles. The summed E-state index contributed by atoms with van der Waals surface area (Å²) < 4.78 is 24.7. The van der Waals surface area contributed by atoms with Crippen molar-refractivity contribution in [1.29, 1.82) is 0 Å². The molecule has 0 bridgehead atoms. The van der Waals surface area contributed by atoms with Crippen LogP contribution in [0.15, 0.2) is 42.5 Å². The van der Waals surface area contributed by atoms with E-state index in [9.17, 15) is 13.6 Å². The van der Waals surface area contributed by atoms with Crippen LogP contribution in [0.4, 0.5) is 8.78 Å². The fourth-order valence-corrected chi connectivity index (χ4v) is 3.41. The minimum atomic E-state index is -2.28. The molecule has 0 unspecified atom stereocenters. The lowest BCUT2D eigenvalue weighted by Gasteiger charge is -2.32. The number of aryl methyl sites for hydroxylation is 1. The second-order valence-electron chi connectivity index (χ2n) is 6.71. The monoisotopic (exact) mass is 346 g/mol. The Kier molecular flexibility index (Phi) is 5.97. The molecule has 25 heavy (non-hydrogen) atoms. The minimum absolute atomic E-state index is 0.0421. The first-order chi connectivity index (χ1) is 12.1. The Balaban J connectivity index is 1.43. The molecule has 1 amide bonds. The second kappa shape index (κ2) is 8.39. The van der Waals surface area contributed by atoms with Gasteiger partial charge in [0.05, 0.1) is 6.54 Å². The fraction of sp³-hybridized carbons (Fsp3) is 0.450. The van der Waals surface area contributed by atoms with E-state index in [1.165, 1.54) is 10.8 Å². The van der Waals surface area contributed by atoms with Crippen LogP contribution in [-0.4, -0.2) is 42.9 Å². The van der Waals surface area contributed by atoms with Crippen molar-refractivity contribution in [3.63, 3.8) is 0 Å². The summed E-state index contributed by atoms with van der Waals surface area (Å²) in [6.07, 6.45) is 0.368. The van der Waals surface area contributed by atoms with Crippen LogP contribution in [-0.2, 0) is 11.2 Å². The normalized spacial score (nSPS) is 16.4. The van der Waals surface area contributed by atoms with Gasteiger partial charge in [0.25, 0.3) is 6.43 Å². The van der Waals surface area contributed by atoms with Gasteiger partial charge in [0.15, 0.2) is 0 Å². The third-order valence-corrected chi connectivity index (χ3v) is 4.80. The van der Waals surface area contributed by atoms with Crippen LogP contribution >= 0.6 is 0 Å². The highest BCUT2D eigenvalue weighted by molar-refractivity contribution is 5.83. The van der Waals surface area contributed by atoms with Crippen molar-refractivity contribution in [2.75, 3.05) is 19.6 Å². The lowest BCUT2D eigenvalue weighted by Crippen LogP contribution is -2.45. The van der Waals surface area contributed by atoms with Crippen LogP contribution < -0.4 is 5.32 Å². The molecular weight excluding hydrogens is 322 g/mol. The van der Waals surface area contributed by atoms with Crippen molar-refractivity contribution in [1.82, 2.24) is 10.2 Å². The maximum absolute atomic E-state index is 12.4. The van der Waals surface area contributed by atoms with E-state index in [2.05, 4.69) is 35.6 Å². The Bertz CT molecular complexity index is 712. The third kappa shape index (κ3) is 5.23. The number of hydrogen-bond acceptors (Lipinski definition) is 2. The molecule has 3 rings (SSSR count). The van der Waals surface area contributed by atoms with Crippen LogP contribution in [0, 0.1) is 0 Å². The summed E-state index contributed by atoms with van der Waals surface area (Å²) in [5.74, 6) is 0.0421. The van der Waals surface area contributed by atoms with Crippen molar-refractivity contribution in [3.05, 3.63) is 48.0 Å². The standard InChI is InChI=1S/C20H24F2N2O/c21-19(22)14-24-11-9-18(10-12-24)23-20(25)8-6-15-5-7-16-3-1-2-4-17(16)13-15/h1-5,7,13,18-19H,6,8-12,14H2,(H,23,25). The molecule has 134 valence electrons. The number of benzene rings is 2. The number of halogens is 2. The van der Waals surface area contributed by atoms with E-state index in [0.29, 0.717) is 25.9 Å². The van der Waals surface area contributed by atoms with Gasteiger partial charge in [-0.15, -0.1) is 0 Å². The first kappa shape index (κ1) is 17.8. The van der Waals surface area contributed by atoms with Gasteiger partial charge in [-0.05, 0) is 35.6 Å². The van der Waals surface area contributed by atoms with Crippen molar-refractivity contribution in [3.8, 4) is 0 Å². The van der Waals surface area contributed by atoms with Crippen LogP contribution in [0.25, 0.3) is 10.8 Å². The molecule has 1 N–H and O–H groups in total. The number of hydrogen-bond donors (Lipinski definition) is 1. The molecule has 1 aliphatic heterocycles. The molecule has 0 radical (unpaired) electrons. The van der Waals surface area contributed by atoms with Crippen molar-refractivity contribution < 1.29 is 13.6 Å². The summed E-state index contributed by atoms with van der Waals surface area (Å²) in [6.45, 7) is 1.09. The number of alkyl halides is 2. The van der Waals surface area contributed by atoms with E-state index in [1.807, 2.05) is 12.1 Å². The molecule has 0 aromatic heterocycles. The summed E-state index contributed by atoms with van der Waals surface area (Å²) in [5, 5.41) is 5.43. The number of carbonyl (C=O) groups is 1. The van der Waals surface area contributed by atoms with Gasteiger partial charge < -0.3 is 5.32 Å². The number of piperidine rings is 1. The van der Waals surface area contributed by atoms with E-state index in [1.54, 1.807) is 4.90 Å². The molecule has 1 aliphatic rings. The first-order valence-electron chi connectivity index (χ1n) is 8.88. The molecule has 0 saturated carbocycles. The predicted octanol–water partition coefficient (Wildman–Crippen LogP) is 3.62. The quantitative estimate of drug-likeness (QED) is 0.866. The van der Waals surface area contributed by atoms with Gasteiger partial charge in [0, 0.05) is 25.6 Å². The Labute approximate surface area is 147 Å². The first-order valence-corrected chi connectivity index (χ1v) is 8.88. The number of likely N-dealkylation sites (tertiary alicyclic amines) is 1. The Morgan fingerprint density at radius 3 is 2.56 bits per heavy atom. The Morgan fingerprint density at radius 2 is 1.84 bits per heavy atom. The van der Waals surface area contributed by atoms with E-state index >= 15 is 0 Å². The Morgan fingerprint density at radius 1 is 1.12 bits per heavy atom. The molecule has 0 spiro atoms. The second-order valence-corrected chi connectivity index (χ2v) is 6.71. The van der Waals surface area contributed by atoms with Gasteiger partial charge >= 0.3 is 0 Å². The molecule has 1 fully saturated rings. The largest absolute Gasteiger partial charge is 0.353 e. The maximum Gasteiger partial charge on any atom is 0.251 e. The average Bonchev–Trinajstić information content (AvgIpc) is 2.61. The van der Waals surface area contributed by atoms with Crippen LogP contribution in [0.1, 0.15) is 24.8 Å². The number of fused-ring (bicyclic) bond motifs is 1. The number of carbonyl (C=O) groups excluding carboxylic acids is 1. The van der Waals surface area contributed by atoms with Gasteiger partial charge in [-0.1, -0.05) is 42.5 Å². The van der Waals surface area contributed by atoms with Gasteiger partial charge in [0.2, 0.25) is 5.91 Å². The highest BCUT2D eigenvalue weighted by Gasteiger charge is 2.22. The highest BCUT2D eigenvalue weighted by Crippen LogP contribution is 2.17. The van der Waals surface area contributed by atoms with Gasteiger partial charge in [0.1, 0.15) is 0 Å². The van der Waals surface area contributed by atoms with Crippen molar-refractivity contribution in [2.24, 2.45) is 0 Å². The predicted molar refractivity (Wildman–Crippen MR) is 95.9 cm³/mol. The van der Waals surface area contributed by atoms with E-state index in [0.717, 1.165) is 18.4 Å². The van der Waals surface area contributed by atoms with E-state index < -0.39 is 6.43 Å². The molecule has 1 saturated heterocycles. The molecule has 0 atom stereocenters. The highest BCUT2D eigenvalue weighted by atomic mass is 19.3. The Hall–Kier alpha value is -2.01. The molecular formula is C20H24F2N2O. The maximum atomic E-state index is 12.4. The summed E-state index contributed by atoms with van der Waals surface area (Å²) in [6, 6.07) is 14.6. The van der Waals surface area contributed by atoms with Crippen LogP contribution in [0.2, 0.25) is 0 Å². The van der Waals surface area contributed by atoms with Crippen LogP contribution in [0.5, 0.6) is 0 Å². The molecule has 0 aliphatic carbocycles. The van der Waals surface area contributed by atoms with E-state index in [4.69, 9.17) is 0 Å².